The van der Waals surface area contributed by atoms with Gasteiger partial charge in [-0.05, 0) is 0 Å². The van der Waals surface area contributed by atoms with E-state index in [9.17, 15) is 39.3 Å². The molecule has 0 fully saturated rings. The Morgan fingerprint density at radius 3 is 1.50 bits per heavy atom. The highest BCUT2D eigenvalue weighted by Crippen LogP contribution is 2.58. The predicted octanol–water partition coefficient (Wildman–Crippen LogP) is 3.54. The molecule has 11 heteroatoms. The molecule has 14 heavy (non-hydrogen) atoms. The molecule has 0 radical (unpaired) electrons. The molecule has 0 saturated heterocycles. The molecule has 0 aromatic rings. The first-order valence-corrected chi connectivity index (χ1v) is 4.04. The summed E-state index contributed by atoms with van der Waals surface area (Å²) in [4.78, 5) is 0. The van der Waals surface area contributed by atoms with Gasteiger partial charge in [0.1, 0.15) is 0 Å². The second-order valence-electron chi connectivity index (χ2n) is 1.95. The van der Waals surface area contributed by atoms with Gasteiger partial charge in [-0.2, -0.15) is 17.6 Å². The zero-order chi connectivity index (χ0) is 11.8. The smallest absolute Gasteiger partial charge is 0.228 e. The Hall–Kier alpha value is -0.370. The molecule has 1 unspecified atom stereocenters. The minimum absolute atomic E-state index is 1.93. The Balaban J connectivity index is 5.04. The van der Waals surface area contributed by atoms with E-state index in [1.165, 1.54) is 0 Å². The molecule has 0 saturated carbocycles. The fourth-order valence-electron chi connectivity index (χ4n) is 0.370. The van der Waals surface area contributed by atoms with Crippen LogP contribution in [0.1, 0.15) is 0 Å². The fraction of sp³-hybridized carbons (Fsp3) is 1.00. The first kappa shape index (κ1) is 13.6. The number of hydrogen-bond acceptors (Lipinski definition) is 2. The molecule has 0 amide bonds. The largest absolute Gasteiger partial charge is 0.555 e. The minimum Gasteiger partial charge on any atom is -0.228 e. The van der Waals surface area contributed by atoms with Gasteiger partial charge in [0.05, 0.1) is 0 Å². The molecule has 1 atom stereocenters. The molecule has 0 aliphatic carbocycles. The zero-order valence-corrected chi connectivity index (χ0v) is 6.76. The molecule has 0 spiro atoms. The van der Waals surface area contributed by atoms with E-state index in [0.29, 0.717) is 0 Å². The van der Waals surface area contributed by atoms with Crippen LogP contribution in [-0.2, 0) is 9.09 Å². The lowest BCUT2D eigenvalue weighted by Crippen LogP contribution is -2.48. The average molecular weight is 252 g/mol. The molecule has 0 bridgehead atoms. The van der Waals surface area contributed by atoms with Crippen molar-refractivity contribution in [2.45, 2.75) is 18.5 Å². The van der Waals surface area contributed by atoms with Gasteiger partial charge in [0.2, 0.25) is 0 Å². The Morgan fingerprint density at radius 2 is 1.43 bits per heavy atom. The quantitative estimate of drug-likeness (QED) is 0.567. The first-order chi connectivity index (χ1) is 5.90. The van der Waals surface area contributed by atoms with Gasteiger partial charge in [0.15, 0.2) is 0 Å². The molecule has 0 rings (SSSR count). The lowest BCUT2D eigenvalue weighted by molar-refractivity contribution is -0.342. The van der Waals surface area contributed by atoms with Crippen LogP contribution in [0.5, 0.6) is 0 Å². The van der Waals surface area contributed by atoms with E-state index >= 15 is 0 Å². The van der Waals surface area contributed by atoms with Gasteiger partial charge in [-0.25, -0.2) is 17.9 Å². The molecule has 86 valence electrons. The van der Waals surface area contributed by atoms with Crippen LogP contribution in [-0.4, -0.2) is 18.5 Å². The summed E-state index contributed by atoms with van der Waals surface area (Å²) < 4.78 is 103. The van der Waals surface area contributed by atoms with E-state index in [1.807, 2.05) is 4.52 Å². The Labute approximate surface area is 71.5 Å². The van der Waals surface area contributed by atoms with Crippen molar-refractivity contribution in [1.29, 1.82) is 0 Å². The third-order valence-corrected chi connectivity index (χ3v) is 1.38. The van der Waals surface area contributed by atoms with Crippen molar-refractivity contribution in [3.63, 3.8) is 0 Å². The summed E-state index contributed by atoms with van der Waals surface area (Å²) >= 11 is 0. The topological polar surface area (TPSA) is 26.3 Å². The number of alkyl halides is 6. The van der Waals surface area contributed by atoms with Crippen molar-refractivity contribution in [3.8, 4) is 0 Å². The maximum Gasteiger partial charge on any atom is 0.555 e. The van der Waals surface area contributed by atoms with Gasteiger partial charge in [-0.1, -0.05) is 0 Å². The van der Waals surface area contributed by atoms with Crippen LogP contribution in [0.15, 0.2) is 0 Å². The second-order valence-corrected chi connectivity index (χ2v) is 2.96. The van der Waals surface area contributed by atoms with Gasteiger partial charge in [-0.3, -0.25) is 0 Å². The molecule has 0 heterocycles. The van der Waals surface area contributed by atoms with E-state index < -0.39 is 26.4 Å². The van der Waals surface area contributed by atoms with Crippen LogP contribution in [0.3, 0.4) is 0 Å². The Kier molecular flexibility index (Phi) is 3.55. The van der Waals surface area contributed by atoms with Crippen LogP contribution in [0.2, 0.25) is 0 Å². The zero-order valence-electron chi connectivity index (χ0n) is 5.86. The summed E-state index contributed by atoms with van der Waals surface area (Å²) in [7, 11) is -7.01. The minimum atomic E-state index is -7.01. The maximum absolute atomic E-state index is 12.2. The predicted molar refractivity (Wildman–Crippen MR) is 26.8 cm³/mol. The number of halogens is 8. The summed E-state index contributed by atoms with van der Waals surface area (Å²) in [5, 5.41) is 0. The molecule has 0 N–H and O–H groups in total. The van der Waals surface area contributed by atoms with Crippen LogP contribution in [0, 0.1) is 0 Å². The van der Waals surface area contributed by atoms with Crippen molar-refractivity contribution in [3.05, 3.63) is 0 Å². The van der Waals surface area contributed by atoms with Crippen LogP contribution < -0.4 is 0 Å². The molecule has 0 aliphatic rings. The summed E-state index contributed by atoms with van der Waals surface area (Å²) in [5.41, 5.74) is 0. The second kappa shape index (κ2) is 3.65. The standard InChI is InChI=1S/C3HF8O2P/c4-1(5)2(6,3(7,8)9)13-14(10,11)12/h1H. The van der Waals surface area contributed by atoms with Crippen molar-refractivity contribution < 1.29 is 43.8 Å². The Bertz CT molecular complexity index is 243. The molecule has 0 aromatic carbocycles. The lowest BCUT2D eigenvalue weighted by atomic mass is 10.3. The van der Waals surface area contributed by atoms with Gasteiger partial charge in [0.25, 0.3) is 0 Å². The van der Waals surface area contributed by atoms with Gasteiger partial charge in [-0.15, -0.1) is 8.39 Å². The van der Waals surface area contributed by atoms with E-state index in [4.69, 9.17) is 0 Å². The SMILES string of the molecule is O=P(F)(F)OC(F)(C(F)F)C(F)(F)F. The van der Waals surface area contributed by atoms with Gasteiger partial charge < -0.3 is 0 Å². The van der Waals surface area contributed by atoms with Crippen LogP contribution >= 0.6 is 7.99 Å². The average Bonchev–Trinajstić information content (AvgIpc) is 1.79. The van der Waals surface area contributed by atoms with Crippen molar-refractivity contribution in [1.82, 2.24) is 0 Å². The van der Waals surface area contributed by atoms with Gasteiger partial charge >= 0.3 is 26.4 Å². The summed E-state index contributed by atoms with van der Waals surface area (Å²) in [6.07, 6.45) is -11.3. The summed E-state index contributed by atoms with van der Waals surface area (Å²) in [5.74, 6) is -5.92. The normalized spacial score (nSPS) is 18.4. The van der Waals surface area contributed by atoms with Crippen LogP contribution in [0.4, 0.5) is 34.7 Å². The molecular weight excluding hydrogens is 251 g/mol. The van der Waals surface area contributed by atoms with E-state index in [0.717, 1.165) is 0 Å². The summed E-state index contributed by atoms with van der Waals surface area (Å²) in [6.45, 7) is 0. The molecule has 2 nitrogen and oxygen atoms in total. The van der Waals surface area contributed by atoms with E-state index in [-0.39, 0.29) is 0 Å². The van der Waals surface area contributed by atoms with Crippen molar-refractivity contribution in [2.75, 3.05) is 0 Å². The lowest BCUT2D eigenvalue weighted by Gasteiger charge is -2.25. The fourth-order valence-corrected chi connectivity index (χ4v) is 0.862. The molecule has 0 aromatic heterocycles. The third kappa shape index (κ3) is 3.09. The highest BCUT2D eigenvalue weighted by molar-refractivity contribution is 7.47. The first-order valence-electron chi connectivity index (χ1n) is 2.64. The maximum atomic E-state index is 12.2. The van der Waals surface area contributed by atoms with Crippen LogP contribution in [0.25, 0.3) is 0 Å². The highest BCUT2D eigenvalue weighted by atomic mass is 31.2. The molecule has 0 aliphatic heterocycles. The number of rotatable bonds is 3. The van der Waals surface area contributed by atoms with Gasteiger partial charge in [0, 0.05) is 0 Å². The third-order valence-electron chi connectivity index (χ3n) is 0.906. The van der Waals surface area contributed by atoms with Crippen molar-refractivity contribution >= 4 is 7.99 Å². The molecular formula is C3HF8O2P. The van der Waals surface area contributed by atoms with E-state index in [1.54, 1.807) is 0 Å². The number of hydrogen-bond donors (Lipinski definition) is 0. The van der Waals surface area contributed by atoms with Crippen molar-refractivity contribution in [2.24, 2.45) is 0 Å². The Morgan fingerprint density at radius 1 is 1.07 bits per heavy atom. The monoisotopic (exact) mass is 252 g/mol. The van der Waals surface area contributed by atoms with E-state index in [2.05, 4.69) is 0 Å². The highest BCUT2D eigenvalue weighted by Gasteiger charge is 2.68. The summed E-state index contributed by atoms with van der Waals surface area (Å²) in [6, 6.07) is 0.